The van der Waals surface area contributed by atoms with Crippen LogP contribution in [0.2, 0.25) is 0 Å². The van der Waals surface area contributed by atoms with Gasteiger partial charge in [-0.2, -0.15) is 4.68 Å². The van der Waals surface area contributed by atoms with Crippen molar-refractivity contribution >= 4 is 15.9 Å². The van der Waals surface area contributed by atoms with Crippen molar-refractivity contribution in [2.75, 3.05) is 13.1 Å². The topological polar surface area (TPSA) is 85.2 Å². The molecule has 1 amide bonds. The summed E-state index contributed by atoms with van der Waals surface area (Å²) in [6.45, 7) is 5.57. The largest absolute Gasteiger partial charge is 0.346 e. The van der Waals surface area contributed by atoms with E-state index < -0.39 is 21.1 Å². The Kier molecular flexibility index (Phi) is 5.27. The molecule has 0 fully saturated rings. The van der Waals surface area contributed by atoms with E-state index in [4.69, 9.17) is 6.42 Å². The summed E-state index contributed by atoms with van der Waals surface area (Å²) in [6.07, 6.45) is 7.03. The molecular formula is C12H18N4O3S. The lowest BCUT2D eigenvalue weighted by molar-refractivity contribution is 0.202. The third-order valence-electron chi connectivity index (χ3n) is 2.59. The number of carbonyl (C=O) groups is 1. The minimum Gasteiger partial charge on any atom is -0.312 e. The molecule has 0 saturated carbocycles. The van der Waals surface area contributed by atoms with Crippen LogP contribution in [0.4, 0.5) is 4.79 Å². The standard InChI is InChI=1S/C12H18N4O3S/c1-5-7-15(8-6-2)12(17)16-9-13-11(14-16)20(18,19)10(3)4/h1,9-10H,6-8H2,2-4H3. The predicted octanol–water partition coefficient (Wildman–Crippen LogP) is 0.773. The highest BCUT2D eigenvalue weighted by Gasteiger charge is 2.25. The van der Waals surface area contributed by atoms with E-state index in [-0.39, 0.29) is 11.7 Å². The van der Waals surface area contributed by atoms with Gasteiger partial charge in [-0.15, -0.1) is 11.5 Å². The van der Waals surface area contributed by atoms with Crippen molar-refractivity contribution in [3.05, 3.63) is 6.33 Å². The van der Waals surface area contributed by atoms with Gasteiger partial charge in [0, 0.05) is 6.54 Å². The first-order valence-corrected chi connectivity index (χ1v) is 7.77. The maximum absolute atomic E-state index is 12.1. The summed E-state index contributed by atoms with van der Waals surface area (Å²) in [5.74, 6) is 2.38. The summed E-state index contributed by atoms with van der Waals surface area (Å²) in [5.41, 5.74) is 0. The van der Waals surface area contributed by atoms with Crippen molar-refractivity contribution in [1.29, 1.82) is 0 Å². The number of hydrogen-bond acceptors (Lipinski definition) is 5. The number of rotatable bonds is 5. The van der Waals surface area contributed by atoms with E-state index in [0.29, 0.717) is 6.54 Å². The first kappa shape index (κ1) is 16.2. The van der Waals surface area contributed by atoms with Crippen molar-refractivity contribution in [2.24, 2.45) is 0 Å². The monoisotopic (exact) mass is 298 g/mol. The molecule has 0 atom stereocenters. The van der Waals surface area contributed by atoms with Gasteiger partial charge in [0.05, 0.1) is 11.8 Å². The Balaban J connectivity index is 3.02. The van der Waals surface area contributed by atoms with Crippen molar-refractivity contribution < 1.29 is 13.2 Å². The van der Waals surface area contributed by atoms with E-state index in [0.717, 1.165) is 17.4 Å². The molecule has 0 bridgehead atoms. The second kappa shape index (κ2) is 6.52. The van der Waals surface area contributed by atoms with E-state index in [1.165, 1.54) is 18.7 Å². The Morgan fingerprint density at radius 1 is 1.55 bits per heavy atom. The molecule has 1 heterocycles. The number of sulfone groups is 1. The third-order valence-corrected chi connectivity index (χ3v) is 4.53. The Hall–Kier alpha value is -1.88. The van der Waals surface area contributed by atoms with Crippen LogP contribution in [0.1, 0.15) is 27.2 Å². The van der Waals surface area contributed by atoms with E-state index in [1.807, 2.05) is 6.92 Å². The summed E-state index contributed by atoms with van der Waals surface area (Å²) >= 11 is 0. The molecule has 0 radical (unpaired) electrons. The number of nitrogens with zero attached hydrogens (tertiary/aromatic N) is 4. The minimum atomic E-state index is -3.59. The molecule has 0 aliphatic rings. The Bertz CT molecular complexity index is 613. The van der Waals surface area contributed by atoms with Crippen LogP contribution in [0, 0.1) is 12.3 Å². The van der Waals surface area contributed by atoms with Crippen molar-refractivity contribution in [3.63, 3.8) is 0 Å². The van der Waals surface area contributed by atoms with Crippen molar-refractivity contribution in [2.45, 2.75) is 37.6 Å². The second-order valence-corrected chi connectivity index (χ2v) is 6.87. The molecule has 0 aromatic carbocycles. The number of amides is 1. The van der Waals surface area contributed by atoms with Gasteiger partial charge in [-0.05, 0) is 20.3 Å². The summed E-state index contributed by atoms with van der Waals surface area (Å²) in [6, 6.07) is -0.484. The van der Waals surface area contributed by atoms with Gasteiger partial charge in [-0.1, -0.05) is 12.8 Å². The summed E-state index contributed by atoms with van der Waals surface area (Å²) in [4.78, 5) is 17.2. The van der Waals surface area contributed by atoms with Crippen LogP contribution in [0.25, 0.3) is 0 Å². The zero-order chi connectivity index (χ0) is 15.3. The fourth-order valence-corrected chi connectivity index (χ4v) is 2.27. The molecule has 0 N–H and O–H groups in total. The zero-order valence-electron chi connectivity index (χ0n) is 11.8. The average molecular weight is 298 g/mol. The quantitative estimate of drug-likeness (QED) is 0.750. The Labute approximate surface area is 118 Å². The SMILES string of the molecule is C#CCN(CCC)C(=O)n1cnc(S(=O)(=O)C(C)C)n1. The number of terminal acetylenes is 1. The lowest BCUT2D eigenvalue weighted by Crippen LogP contribution is -2.36. The predicted molar refractivity (Wildman–Crippen MR) is 73.8 cm³/mol. The number of hydrogen-bond donors (Lipinski definition) is 0. The van der Waals surface area contributed by atoms with Gasteiger partial charge in [-0.25, -0.2) is 18.2 Å². The van der Waals surface area contributed by atoms with E-state index in [2.05, 4.69) is 16.0 Å². The summed E-state index contributed by atoms with van der Waals surface area (Å²) in [5, 5.41) is 2.75. The summed E-state index contributed by atoms with van der Waals surface area (Å²) in [7, 11) is -3.59. The van der Waals surface area contributed by atoms with Gasteiger partial charge in [0.15, 0.2) is 0 Å². The molecule has 8 heteroatoms. The minimum absolute atomic E-state index is 0.138. The molecule has 0 unspecified atom stereocenters. The van der Waals surface area contributed by atoms with Gasteiger partial charge in [-0.3, -0.25) is 0 Å². The number of carbonyl (C=O) groups excluding carboxylic acids is 1. The summed E-state index contributed by atoms with van der Waals surface area (Å²) < 4.78 is 24.7. The fourth-order valence-electron chi connectivity index (χ4n) is 1.45. The molecular weight excluding hydrogens is 280 g/mol. The maximum Gasteiger partial charge on any atom is 0.346 e. The smallest absolute Gasteiger partial charge is 0.312 e. The second-order valence-electron chi connectivity index (χ2n) is 4.47. The Morgan fingerprint density at radius 3 is 2.70 bits per heavy atom. The molecule has 1 aromatic heterocycles. The zero-order valence-corrected chi connectivity index (χ0v) is 12.6. The van der Waals surface area contributed by atoms with Crippen molar-refractivity contribution in [1.82, 2.24) is 19.7 Å². The van der Waals surface area contributed by atoms with E-state index >= 15 is 0 Å². The van der Waals surface area contributed by atoms with Gasteiger partial charge in [0.25, 0.3) is 5.16 Å². The average Bonchev–Trinajstić information content (AvgIpc) is 2.87. The highest BCUT2D eigenvalue weighted by atomic mass is 32.2. The maximum atomic E-state index is 12.1. The van der Waals surface area contributed by atoms with Crippen LogP contribution in [0.15, 0.2) is 11.5 Å². The van der Waals surface area contributed by atoms with E-state index in [9.17, 15) is 13.2 Å². The normalized spacial score (nSPS) is 11.3. The highest BCUT2D eigenvalue weighted by molar-refractivity contribution is 7.91. The van der Waals surface area contributed by atoms with Gasteiger partial charge in [0.2, 0.25) is 9.84 Å². The van der Waals surface area contributed by atoms with Crippen LogP contribution in [0.3, 0.4) is 0 Å². The molecule has 110 valence electrons. The van der Waals surface area contributed by atoms with Crippen LogP contribution in [0.5, 0.6) is 0 Å². The molecule has 0 aliphatic heterocycles. The molecule has 20 heavy (non-hydrogen) atoms. The lowest BCUT2D eigenvalue weighted by atomic mass is 10.4. The van der Waals surface area contributed by atoms with Crippen molar-refractivity contribution in [3.8, 4) is 12.3 Å². The fraction of sp³-hybridized carbons (Fsp3) is 0.583. The third kappa shape index (κ3) is 3.36. The van der Waals surface area contributed by atoms with Gasteiger partial charge in [0.1, 0.15) is 6.33 Å². The first-order chi connectivity index (χ1) is 9.34. The molecule has 7 nitrogen and oxygen atoms in total. The van der Waals surface area contributed by atoms with Gasteiger partial charge >= 0.3 is 6.03 Å². The van der Waals surface area contributed by atoms with Crippen LogP contribution < -0.4 is 0 Å². The first-order valence-electron chi connectivity index (χ1n) is 6.22. The Morgan fingerprint density at radius 2 is 2.20 bits per heavy atom. The van der Waals surface area contributed by atoms with Crippen LogP contribution in [-0.4, -0.2) is 52.5 Å². The molecule has 0 spiro atoms. The molecule has 1 aromatic rings. The molecule has 1 rings (SSSR count). The van der Waals surface area contributed by atoms with Crippen LogP contribution in [-0.2, 0) is 9.84 Å². The lowest BCUT2D eigenvalue weighted by Gasteiger charge is -2.18. The van der Waals surface area contributed by atoms with Gasteiger partial charge < -0.3 is 4.90 Å². The van der Waals surface area contributed by atoms with Crippen LogP contribution >= 0.6 is 0 Å². The molecule has 0 saturated heterocycles. The van der Waals surface area contributed by atoms with E-state index in [1.54, 1.807) is 0 Å². The number of aromatic nitrogens is 3. The highest BCUT2D eigenvalue weighted by Crippen LogP contribution is 2.10. The molecule has 0 aliphatic carbocycles.